The highest BCUT2D eigenvalue weighted by molar-refractivity contribution is 5.89. The Balaban J connectivity index is 1.88. The Hall–Kier alpha value is -2.88. The number of carbonyl (C=O) groups excluding carboxylic acids is 1. The topological polar surface area (TPSA) is 87.6 Å². The maximum atomic E-state index is 14.2. The number of rotatable bonds is 5. The second kappa shape index (κ2) is 7.39. The van der Waals surface area contributed by atoms with Gasteiger partial charge in [0.1, 0.15) is 24.3 Å². The van der Waals surface area contributed by atoms with Gasteiger partial charge in [-0.15, -0.1) is 0 Å². The first-order chi connectivity index (χ1) is 12.8. The van der Waals surface area contributed by atoms with Gasteiger partial charge in [0.05, 0.1) is 18.3 Å². The number of amides is 1. The van der Waals surface area contributed by atoms with Crippen LogP contribution < -0.4 is 10.2 Å². The van der Waals surface area contributed by atoms with Gasteiger partial charge in [0, 0.05) is 6.07 Å². The molecule has 2 aromatic rings. The summed E-state index contributed by atoms with van der Waals surface area (Å²) in [4.78, 5) is 20.6. The van der Waals surface area contributed by atoms with E-state index in [2.05, 4.69) is 15.3 Å². The van der Waals surface area contributed by atoms with E-state index in [1.54, 1.807) is 6.92 Å². The maximum absolute atomic E-state index is 14.2. The highest BCUT2D eigenvalue weighted by Gasteiger charge is 2.39. The summed E-state index contributed by atoms with van der Waals surface area (Å²) >= 11 is 0. The molecule has 0 aliphatic carbocycles. The van der Waals surface area contributed by atoms with E-state index in [0.29, 0.717) is 5.56 Å². The van der Waals surface area contributed by atoms with Crippen molar-refractivity contribution >= 4 is 17.9 Å². The van der Waals surface area contributed by atoms with Gasteiger partial charge in [0.2, 0.25) is 5.95 Å². The third-order valence-corrected chi connectivity index (χ3v) is 4.15. The third-order valence-electron chi connectivity index (χ3n) is 4.15. The number of carbonyl (C=O) groups is 1. The van der Waals surface area contributed by atoms with Gasteiger partial charge < -0.3 is 15.2 Å². The first kappa shape index (κ1) is 18.9. The van der Waals surface area contributed by atoms with Crippen LogP contribution in [0.3, 0.4) is 0 Å². The molecular formula is C17H17F3N4O3. The highest BCUT2D eigenvalue weighted by atomic mass is 19.1. The molecule has 1 aromatic carbocycles. The lowest BCUT2D eigenvalue weighted by Gasteiger charge is -2.23. The van der Waals surface area contributed by atoms with E-state index in [0.717, 1.165) is 29.3 Å². The molecule has 2 heterocycles. The average molecular weight is 382 g/mol. The fourth-order valence-corrected chi connectivity index (χ4v) is 2.73. The fraction of sp³-hybridized carbons (Fsp3) is 0.353. The quantitative estimate of drug-likeness (QED) is 0.827. The third kappa shape index (κ3) is 3.95. The fourth-order valence-electron chi connectivity index (χ4n) is 2.73. The number of benzene rings is 1. The summed E-state index contributed by atoms with van der Waals surface area (Å²) in [6.45, 7) is 2.95. The zero-order valence-electron chi connectivity index (χ0n) is 14.5. The summed E-state index contributed by atoms with van der Waals surface area (Å²) in [7, 11) is 0. The van der Waals surface area contributed by atoms with Crippen molar-refractivity contribution in [3.63, 3.8) is 0 Å². The average Bonchev–Trinajstić information content (AvgIpc) is 2.97. The molecule has 0 bridgehead atoms. The molecule has 27 heavy (non-hydrogen) atoms. The lowest BCUT2D eigenvalue weighted by atomic mass is 10.1. The zero-order valence-corrected chi connectivity index (χ0v) is 14.5. The number of cyclic esters (lactones) is 1. The normalized spacial score (nSPS) is 19.0. The maximum Gasteiger partial charge on any atom is 0.416 e. The Kier molecular flexibility index (Phi) is 5.17. The molecule has 144 valence electrons. The summed E-state index contributed by atoms with van der Waals surface area (Å²) in [6.07, 6.45) is -0.963. The van der Waals surface area contributed by atoms with Crippen molar-refractivity contribution < 1.29 is 27.8 Å². The Labute approximate surface area is 152 Å². The van der Waals surface area contributed by atoms with Gasteiger partial charge in [0.25, 0.3) is 0 Å². The molecule has 1 aliphatic rings. The van der Waals surface area contributed by atoms with E-state index >= 15 is 0 Å². The number of nitrogens with zero attached hydrogens (tertiary/aromatic N) is 3. The molecule has 0 saturated carbocycles. The second-order valence-corrected chi connectivity index (χ2v) is 6.19. The van der Waals surface area contributed by atoms with E-state index in [1.165, 1.54) is 6.92 Å². The molecule has 3 atom stereocenters. The van der Waals surface area contributed by atoms with E-state index in [1.807, 2.05) is 0 Å². The summed E-state index contributed by atoms with van der Waals surface area (Å²) < 4.78 is 45.8. The standard InChI is InChI=1S/C17H17F3N4O3/c1-8(10-3-11(18)5-12(19)4-10)22-16-21-6-13(20)15(23-16)24-14(9(2)25)7-27-17(24)26/h3-6,8-9,14,25H,7H2,1-2H3,(H,21,22,23)/t8-,9+,14+/m0/s1. The number of anilines is 2. The molecule has 1 amide bonds. The molecular weight excluding hydrogens is 365 g/mol. The second-order valence-electron chi connectivity index (χ2n) is 6.19. The van der Waals surface area contributed by atoms with Crippen molar-refractivity contribution in [2.24, 2.45) is 0 Å². The van der Waals surface area contributed by atoms with Crippen LogP contribution in [-0.2, 0) is 4.74 Å². The number of ether oxygens (including phenoxy) is 1. The molecule has 2 N–H and O–H groups in total. The molecule has 0 radical (unpaired) electrons. The molecule has 0 spiro atoms. The van der Waals surface area contributed by atoms with Crippen LogP contribution in [0.4, 0.5) is 29.7 Å². The van der Waals surface area contributed by atoms with Gasteiger partial charge >= 0.3 is 6.09 Å². The Bertz CT molecular complexity index is 845. The minimum absolute atomic E-state index is 0.0624. The van der Waals surface area contributed by atoms with Crippen LogP contribution in [-0.4, -0.2) is 39.9 Å². The number of aromatic nitrogens is 2. The predicted octanol–water partition coefficient (Wildman–Crippen LogP) is 2.77. The first-order valence-corrected chi connectivity index (χ1v) is 8.15. The van der Waals surface area contributed by atoms with Crippen LogP contribution in [0.5, 0.6) is 0 Å². The number of halogens is 3. The first-order valence-electron chi connectivity index (χ1n) is 8.15. The van der Waals surface area contributed by atoms with Crippen molar-refractivity contribution in [3.05, 3.63) is 47.4 Å². The highest BCUT2D eigenvalue weighted by Crippen LogP contribution is 2.27. The largest absolute Gasteiger partial charge is 0.447 e. The van der Waals surface area contributed by atoms with Crippen LogP contribution in [0.1, 0.15) is 25.5 Å². The summed E-state index contributed by atoms with van der Waals surface area (Å²) in [5.74, 6) is -2.78. The van der Waals surface area contributed by atoms with Gasteiger partial charge in [0.15, 0.2) is 11.6 Å². The molecule has 7 nitrogen and oxygen atoms in total. The van der Waals surface area contributed by atoms with Gasteiger partial charge in [-0.2, -0.15) is 4.98 Å². The lowest BCUT2D eigenvalue weighted by molar-refractivity contribution is 0.142. The van der Waals surface area contributed by atoms with Crippen LogP contribution in [0.2, 0.25) is 0 Å². The summed E-state index contributed by atoms with van der Waals surface area (Å²) in [5.41, 5.74) is 0.296. The number of hydrogen-bond donors (Lipinski definition) is 2. The molecule has 1 fully saturated rings. The predicted molar refractivity (Wildman–Crippen MR) is 89.7 cm³/mol. The number of aliphatic hydroxyl groups is 1. The Morgan fingerprint density at radius 2 is 1.93 bits per heavy atom. The van der Waals surface area contributed by atoms with Crippen LogP contribution in [0, 0.1) is 17.5 Å². The Morgan fingerprint density at radius 1 is 1.26 bits per heavy atom. The van der Waals surface area contributed by atoms with Gasteiger partial charge in [-0.25, -0.2) is 27.8 Å². The minimum atomic E-state index is -0.976. The van der Waals surface area contributed by atoms with E-state index in [-0.39, 0.29) is 18.4 Å². The minimum Gasteiger partial charge on any atom is -0.447 e. The summed E-state index contributed by atoms with van der Waals surface area (Å²) in [6, 6.07) is 1.63. The monoisotopic (exact) mass is 382 g/mol. The van der Waals surface area contributed by atoms with Crippen LogP contribution in [0.25, 0.3) is 0 Å². The van der Waals surface area contributed by atoms with E-state index < -0.39 is 41.7 Å². The number of hydrogen-bond acceptors (Lipinski definition) is 6. The Morgan fingerprint density at radius 3 is 2.56 bits per heavy atom. The summed E-state index contributed by atoms with van der Waals surface area (Å²) in [5, 5.41) is 12.6. The molecule has 3 rings (SSSR count). The number of aliphatic hydroxyl groups excluding tert-OH is 1. The SMILES string of the molecule is C[C@H](Nc1ncc(F)c(N2C(=O)OC[C@@H]2[C@@H](C)O)n1)c1cc(F)cc(F)c1. The van der Waals surface area contributed by atoms with Crippen molar-refractivity contribution in [1.82, 2.24) is 9.97 Å². The van der Waals surface area contributed by atoms with Crippen molar-refractivity contribution in [3.8, 4) is 0 Å². The number of nitrogens with one attached hydrogen (secondary N) is 1. The molecule has 1 aromatic heterocycles. The van der Waals surface area contributed by atoms with Crippen LogP contribution >= 0.6 is 0 Å². The molecule has 0 unspecified atom stereocenters. The molecule has 1 aliphatic heterocycles. The van der Waals surface area contributed by atoms with Crippen molar-refractivity contribution in [1.29, 1.82) is 0 Å². The van der Waals surface area contributed by atoms with Gasteiger partial charge in [-0.05, 0) is 31.5 Å². The van der Waals surface area contributed by atoms with E-state index in [4.69, 9.17) is 4.74 Å². The molecule has 1 saturated heterocycles. The van der Waals surface area contributed by atoms with Gasteiger partial charge in [-0.3, -0.25) is 0 Å². The smallest absolute Gasteiger partial charge is 0.416 e. The van der Waals surface area contributed by atoms with Crippen molar-refractivity contribution in [2.75, 3.05) is 16.8 Å². The molecule has 10 heteroatoms. The van der Waals surface area contributed by atoms with Gasteiger partial charge in [-0.1, -0.05) is 0 Å². The van der Waals surface area contributed by atoms with E-state index in [9.17, 15) is 23.1 Å². The zero-order chi connectivity index (χ0) is 19.7. The lowest BCUT2D eigenvalue weighted by Crippen LogP contribution is -2.42. The van der Waals surface area contributed by atoms with Crippen molar-refractivity contribution in [2.45, 2.75) is 32.0 Å². The van der Waals surface area contributed by atoms with Crippen LogP contribution in [0.15, 0.2) is 24.4 Å².